The number of amides is 1. The highest BCUT2D eigenvalue weighted by Gasteiger charge is 2.17. The molecule has 3 nitrogen and oxygen atoms in total. The molecular formula is C20H20N2O. The van der Waals surface area contributed by atoms with Gasteiger partial charge in [0.05, 0.1) is 5.52 Å². The molecule has 0 radical (unpaired) electrons. The number of carbonyl (C=O) groups excluding carboxylic acids is 1. The summed E-state index contributed by atoms with van der Waals surface area (Å²) in [7, 11) is 1.79. The van der Waals surface area contributed by atoms with E-state index < -0.39 is 0 Å². The summed E-state index contributed by atoms with van der Waals surface area (Å²) in [6.45, 7) is 6.08. The fourth-order valence-corrected chi connectivity index (χ4v) is 2.89. The van der Waals surface area contributed by atoms with Gasteiger partial charge in [0.15, 0.2) is 0 Å². The van der Waals surface area contributed by atoms with Crippen LogP contribution >= 0.6 is 0 Å². The summed E-state index contributed by atoms with van der Waals surface area (Å²) in [6, 6.07) is 15.9. The Bertz CT molecular complexity index is 879. The van der Waals surface area contributed by atoms with Crippen molar-refractivity contribution < 1.29 is 4.79 Å². The zero-order valence-corrected chi connectivity index (χ0v) is 13.9. The lowest BCUT2D eigenvalue weighted by atomic mass is 10.1. The number of aromatic nitrogens is 1. The Labute approximate surface area is 136 Å². The first-order valence-corrected chi connectivity index (χ1v) is 7.68. The molecule has 2 aromatic carbocycles. The number of nitrogens with zero attached hydrogens (tertiary/aromatic N) is 2. The number of fused-ring (bicyclic) bond motifs is 1. The fraction of sp³-hybridized carbons (Fsp3) is 0.200. The predicted octanol–water partition coefficient (Wildman–Crippen LogP) is 4.44. The highest BCUT2D eigenvalue weighted by atomic mass is 16.2. The van der Waals surface area contributed by atoms with Gasteiger partial charge in [0.2, 0.25) is 0 Å². The van der Waals surface area contributed by atoms with Gasteiger partial charge in [0.1, 0.15) is 5.69 Å². The van der Waals surface area contributed by atoms with Crippen LogP contribution in [0.4, 0.5) is 5.69 Å². The highest BCUT2D eigenvalue weighted by molar-refractivity contribution is 6.06. The molecule has 0 unspecified atom stereocenters. The van der Waals surface area contributed by atoms with Crippen LogP contribution < -0.4 is 4.90 Å². The van der Waals surface area contributed by atoms with Crippen LogP contribution in [0.25, 0.3) is 10.9 Å². The summed E-state index contributed by atoms with van der Waals surface area (Å²) in [5, 5.41) is 1.08. The summed E-state index contributed by atoms with van der Waals surface area (Å²) in [6.07, 6.45) is 0. The molecule has 0 aliphatic rings. The second kappa shape index (κ2) is 5.84. The maximum atomic E-state index is 12.8. The lowest BCUT2D eigenvalue weighted by Gasteiger charge is -2.19. The SMILES string of the molecule is Cc1cc(C)cc(N(C)C(=O)c2cc(C)c3ccccc3n2)c1. The minimum Gasteiger partial charge on any atom is -0.310 e. The van der Waals surface area contributed by atoms with Gasteiger partial charge in [-0.25, -0.2) is 4.98 Å². The van der Waals surface area contributed by atoms with Gasteiger partial charge in [-0.2, -0.15) is 0 Å². The molecular weight excluding hydrogens is 284 g/mol. The van der Waals surface area contributed by atoms with Crippen LogP contribution in [0.1, 0.15) is 27.2 Å². The average molecular weight is 304 g/mol. The average Bonchev–Trinajstić information content (AvgIpc) is 2.52. The van der Waals surface area contributed by atoms with Gasteiger partial charge in [0, 0.05) is 18.1 Å². The van der Waals surface area contributed by atoms with Gasteiger partial charge in [-0.1, -0.05) is 24.3 Å². The quantitative estimate of drug-likeness (QED) is 0.701. The Morgan fingerprint density at radius 3 is 2.30 bits per heavy atom. The largest absolute Gasteiger partial charge is 0.310 e. The van der Waals surface area contributed by atoms with E-state index in [-0.39, 0.29) is 5.91 Å². The van der Waals surface area contributed by atoms with Crippen LogP contribution in [-0.2, 0) is 0 Å². The van der Waals surface area contributed by atoms with Crippen molar-refractivity contribution in [3.05, 3.63) is 70.9 Å². The van der Waals surface area contributed by atoms with Crippen molar-refractivity contribution in [2.45, 2.75) is 20.8 Å². The van der Waals surface area contributed by atoms with E-state index in [0.29, 0.717) is 5.69 Å². The van der Waals surface area contributed by atoms with Crippen LogP contribution in [0.5, 0.6) is 0 Å². The Morgan fingerprint density at radius 2 is 1.61 bits per heavy atom. The number of anilines is 1. The molecule has 3 heteroatoms. The van der Waals surface area contributed by atoms with Crippen molar-refractivity contribution in [3.8, 4) is 0 Å². The van der Waals surface area contributed by atoms with Crippen LogP contribution in [0.2, 0.25) is 0 Å². The van der Waals surface area contributed by atoms with E-state index in [1.165, 1.54) is 0 Å². The summed E-state index contributed by atoms with van der Waals surface area (Å²) in [4.78, 5) is 19.0. The number of para-hydroxylation sites is 1. The molecule has 0 atom stereocenters. The number of rotatable bonds is 2. The Morgan fingerprint density at radius 1 is 0.957 bits per heavy atom. The molecule has 1 aromatic heterocycles. The first-order chi connectivity index (χ1) is 11.0. The minimum atomic E-state index is -0.0937. The summed E-state index contributed by atoms with van der Waals surface area (Å²) in [5.74, 6) is -0.0937. The molecule has 0 saturated heterocycles. The molecule has 0 fully saturated rings. The normalized spacial score (nSPS) is 10.8. The molecule has 23 heavy (non-hydrogen) atoms. The van der Waals surface area contributed by atoms with E-state index in [1.54, 1.807) is 11.9 Å². The van der Waals surface area contributed by atoms with Gasteiger partial charge >= 0.3 is 0 Å². The lowest BCUT2D eigenvalue weighted by molar-refractivity contribution is 0.0988. The molecule has 1 amide bonds. The summed E-state index contributed by atoms with van der Waals surface area (Å²) in [5.41, 5.74) is 5.56. The number of aryl methyl sites for hydroxylation is 3. The monoisotopic (exact) mass is 304 g/mol. The van der Waals surface area contributed by atoms with E-state index in [0.717, 1.165) is 33.3 Å². The molecule has 0 aliphatic heterocycles. The molecule has 0 bridgehead atoms. The molecule has 0 N–H and O–H groups in total. The standard InChI is InChI=1S/C20H20N2O/c1-13-9-14(2)11-16(10-13)22(4)20(23)19-12-15(3)17-7-5-6-8-18(17)21-19/h5-12H,1-4H3. The van der Waals surface area contributed by atoms with E-state index in [2.05, 4.69) is 11.1 Å². The first-order valence-electron chi connectivity index (χ1n) is 7.68. The van der Waals surface area contributed by atoms with Crippen LogP contribution in [0.15, 0.2) is 48.5 Å². The van der Waals surface area contributed by atoms with Crippen LogP contribution in [-0.4, -0.2) is 17.9 Å². The van der Waals surface area contributed by atoms with Gasteiger partial charge in [-0.15, -0.1) is 0 Å². The maximum absolute atomic E-state index is 12.8. The van der Waals surface area contributed by atoms with Crippen molar-refractivity contribution in [3.63, 3.8) is 0 Å². The zero-order valence-electron chi connectivity index (χ0n) is 13.9. The van der Waals surface area contributed by atoms with E-state index in [9.17, 15) is 4.79 Å². The van der Waals surface area contributed by atoms with Crippen LogP contribution in [0, 0.1) is 20.8 Å². The number of benzene rings is 2. The first kappa shape index (κ1) is 15.2. The Balaban J connectivity index is 2.02. The number of hydrogen-bond acceptors (Lipinski definition) is 2. The lowest BCUT2D eigenvalue weighted by Crippen LogP contribution is -2.27. The highest BCUT2D eigenvalue weighted by Crippen LogP contribution is 2.22. The van der Waals surface area contributed by atoms with Gasteiger partial charge < -0.3 is 4.90 Å². The van der Waals surface area contributed by atoms with Crippen LogP contribution in [0.3, 0.4) is 0 Å². The third kappa shape index (κ3) is 2.95. The molecule has 3 rings (SSSR count). The summed E-state index contributed by atoms with van der Waals surface area (Å²) < 4.78 is 0. The molecule has 116 valence electrons. The summed E-state index contributed by atoms with van der Waals surface area (Å²) >= 11 is 0. The second-order valence-corrected chi connectivity index (χ2v) is 6.05. The Kier molecular flexibility index (Phi) is 3.87. The van der Waals surface area contributed by atoms with Crippen molar-refractivity contribution >= 4 is 22.5 Å². The van der Waals surface area contributed by atoms with Gasteiger partial charge in [0.25, 0.3) is 5.91 Å². The Hall–Kier alpha value is -2.68. The molecule has 0 spiro atoms. The number of carbonyl (C=O) groups is 1. The molecule has 0 aliphatic carbocycles. The number of hydrogen-bond donors (Lipinski definition) is 0. The zero-order chi connectivity index (χ0) is 16.6. The second-order valence-electron chi connectivity index (χ2n) is 6.05. The van der Waals surface area contributed by atoms with Crippen molar-refractivity contribution in [1.29, 1.82) is 0 Å². The minimum absolute atomic E-state index is 0.0937. The van der Waals surface area contributed by atoms with E-state index in [1.807, 2.05) is 63.2 Å². The van der Waals surface area contributed by atoms with Gasteiger partial charge in [-0.3, -0.25) is 4.79 Å². The third-order valence-corrected chi connectivity index (χ3v) is 4.04. The fourth-order valence-electron chi connectivity index (χ4n) is 2.89. The molecule has 1 heterocycles. The van der Waals surface area contributed by atoms with Crippen molar-refractivity contribution in [2.75, 3.05) is 11.9 Å². The van der Waals surface area contributed by atoms with Crippen molar-refractivity contribution in [2.24, 2.45) is 0 Å². The topological polar surface area (TPSA) is 33.2 Å². The molecule has 0 saturated carbocycles. The number of pyridine rings is 1. The third-order valence-electron chi connectivity index (χ3n) is 4.04. The predicted molar refractivity (Wildman–Crippen MR) is 95.1 cm³/mol. The van der Waals surface area contributed by atoms with E-state index in [4.69, 9.17) is 0 Å². The van der Waals surface area contributed by atoms with E-state index >= 15 is 0 Å². The maximum Gasteiger partial charge on any atom is 0.276 e. The molecule has 3 aromatic rings. The van der Waals surface area contributed by atoms with Gasteiger partial charge in [-0.05, 0) is 61.7 Å². The smallest absolute Gasteiger partial charge is 0.276 e. The van der Waals surface area contributed by atoms with Crippen molar-refractivity contribution in [1.82, 2.24) is 4.98 Å².